The molecule has 0 aromatic heterocycles. The number of amides is 2. The number of fused-ring (bicyclic) bond motifs is 1. The van der Waals surface area contributed by atoms with Gasteiger partial charge in [-0.3, -0.25) is 9.59 Å². The number of anilines is 2. The fourth-order valence-corrected chi connectivity index (χ4v) is 2.42. The molecular formula is C16H24N4O2. The summed E-state index contributed by atoms with van der Waals surface area (Å²) in [5.41, 5.74) is 2.08. The Morgan fingerprint density at radius 1 is 1.36 bits per heavy atom. The van der Waals surface area contributed by atoms with Crippen LogP contribution in [0, 0.1) is 0 Å². The lowest BCUT2D eigenvalue weighted by Gasteiger charge is -2.32. The van der Waals surface area contributed by atoms with Gasteiger partial charge in [0, 0.05) is 26.7 Å². The summed E-state index contributed by atoms with van der Waals surface area (Å²) in [5, 5.41) is 6.10. The van der Waals surface area contributed by atoms with Crippen LogP contribution in [0.25, 0.3) is 0 Å². The van der Waals surface area contributed by atoms with Gasteiger partial charge in [0.25, 0.3) is 0 Å². The fourth-order valence-electron chi connectivity index (χ4n) is 2.42. The number of benzene rings is 1. The molecule has 1 aromatic rings. The molecule has 22 heavy (non-hydrogen) atoms. The van der Waals surface area contributed by atoms with Crippen LogP contribution in [0.2, 0.25) is 0 Å². The van der Waals surface area contributed by atoms with Crippen molar-refractivity contribution in [2.24, 2.45) is 0 Å². The maximum Gasteiger partial charge on any atom is 0.242 e. The van der Waals surface area contributed by atoms with Crippen molar-refractivity contribution in [2.45, 2.75) is 13.3 Å². The van der Waals surface area contributed by atoms with Gasteiger partial charge in [-0.05, 0) is 18.6 Å². The molecule has 2 N–H and O–H groups in total. The summed E-state index contributed by atoms with van der Waals surface area (Å²) in [5.74, 6) is -0.165. The van der Waals surface area contributed by atoms with E-state index >= 15 is 0 Å². The Bertz CT molecular complexity index is 533. The molecule has 1 aliphatic heterocycles. The summed E-state index contributed by atoms with van der Waals surface area (Å²) in [6.07, 6.45) is 0.890. The molecule has 0 spiro atoms. The lowest BCUT2D eigenvalue weighted by atomic mass is 10.2. The topological polar surface area (TPSA) is 64.7 Å². The Morgan fingerprint density at radius 3 is 2.91 bits per heavy atom. The maximum atomic E-state index is 12.3. The minimum Gasteiger partial charge on any atom is -0.382 e. The molecule has 6 heteroatoms. The molecule has 0 fully saturated rings. The minimum absolute atomic E-state index is 0.0525. The largest absolute Gasteiger partial charge is 0.382 e. The average molecular weight is 304 g/mol. The fraction of sp³-hybridized carbons (Fsp3) is 0.500. The van der Waals surface area contributed by atoms with Crippen molar-refractivity contribution in [1.29, 1.82) is 0 Å². The van der Waals surface area contributed by atoms with E-state index in [2.05, 4.69) is 15.5 Å². The van der Waals surface area contributed by atoms with Gasteiger partial charge < -0.3 is 20.4 Å². The van der Waals surface area contributed by atoms with Crippen LogP contribution in [0.5, 0.6) is 0 Å². The van der Waals surface area contributed by atoms with Crippen molar-refractivity contribution in [2.75, 3.05) is 50.0 Å². The van der Waals surface area contributed by atoms with Crippen molar-refractivity contribution in [3.8, 4) is 0 Å². The number of carbonyl (C=O) groups excluding carboxylic acids is 2. The van der Waals surface area contributed by atoms with Gasteiger partial charge in [-0.25, -0.2) is 0 Å². The number of para-hydroxylation sites is 2. The number of hydrogen-bond acceptors (Lipinski definition) is 4. The van der Waals surface area contributed by atoms with Gasteiger partial charge in [0.15, 0.2) is 0 Å². The molecule has 0 aliphatic carbocycles. The molecule has 1 aliphatic rings. The molecule has 2 rings (SSSR count). The van der Waals surface area contributed by atoms with Gasteiger partial charge >= 0.3 is 0 Å². The SMILES string of the molecule is CCCNC(=O)CN(C)C(=O)CN1CCNc2ccccc21. The Kier molecular flexibility index (Phi) is 5.63. The number of nitrogens with zero attached hydrogens (tertiary/aromatic N) is 2. The molecule has 0 atom stereocenters. The number of likely N-dealkylation sites (N-methyl/N-ethyl adjacent to an activating group) is 1. The summed E-state index contributed by atoms with van der Waals surface area (Å²) in [6, 6.07) is 7.95. The Morgan fingerprint density at radius 2 is 2.14 bits per heavy atom. The second-order valence-corrected chi connectivity index (χ2v) is 5.47. The van der Waals surface area contributed by atoms with E-state index in [0.717, 1.165) is 30.9 Å². The summed E-state index contributed by atoms with van der Waals surface area (Å²) in [7, 11) is 1.67. The van der Waals surface area contributed by atoms with E-state index < -0.39 is 0 Å². The van der Waals surface area contributed by atoms with Gasteiger partial charge in [0.2, 0.25) is 11.8 Å². The van der Waals surface area contributed by atoms with Crippen molar-refractivity contribution in [3.63, 3.8) is 0 Å². The van der Waals surface area contributed by atoms with Crippen LogP contribution in [0.4, 0.5) is 11.4 Å². The average Bonchev–Trinajstić information content (AvgIpc) is 2.53. The first-order valence-electron chi connectivity index (χ1n) is 7.70. The third-order valence-corrected chi connectivity index (χ3v) is 3.65. The highest BCUT2D eigenvalue weighted by Gasteiger charge is 2.21. The van der Waals surface area contributed by atoms with E-state index in [1.807, 2.05) is 31.2 Å². The first kappa shape index (κ1) is 16.1. The number of hydrogen-bond donors (Lipinski definition) is 2. The molecule has 0 radical (unpaired) electrons. The monoisotopic (exact) mass is 304 g/mol. The van der Waals surface area contributed by atoms with Crippen LogP contribution in [-0.4, -0.2) is 56.5 Å². The predicted octanol–water partition coefficient (Wildman–Crippen LogP) is 0.903. The maximum absolute atomic E-state index is 12.3. The first-order chi connectivity index (χ1) is 10.6. The lowest BCUT2D eigenvalue weighted by Crippen LogP contribution is -2.45. The third kappa shape index (κ3) is 4.13. The van der Waals surface area contributed by atoms with Crippen LogP contribution in [0.1, 0.15) is 13.3 Å². The summed E-state index contributed by atoms with van der Waals surface area (Å²) in [4.78, 5) is 27.5. The van der Waals surface area contributed by atoms with E-state index in [1.165, 1.54) is 4.90 Å². The summed E-state index contributed by atoms with van der Waals surface area (Å²) >= 11 is 0. The number of carbonyl (C=O) groups is 2. The van der Waals surface area contributed by atoms with Crippen molar-refractivity contribution < 1.29 is 9.59 Å². The highest BCUT2D eigenvalue weighted by atomic mass is 16.2. The normalized spacial score (nSPS) is 13.1. The second-order valence-electron chi connectivity index (χ2n) is 5.47. The first-order valence-corrected chi connectivity index (χ1v) is 7.70. The molecule has 0 saturated carbocycles. The quantitative estimate of drug-likeness (QED) is 0.820. The molecule has 0 unspecified atom stereocenters. The third-order valence-electron chi connectivity index (χ3n) is 3.65. The van der Waals surface area contributed by atoms with Crippen LogP contribution in [0.3, 0.4) is 0 Å². The van der Waals surface area contributed by atoms with Gasteiger partial charge in [-0.15, -0.1) is 0 Å². The number of rotatable bonds is 6. The predicted molar refractivity (Wildman–Crippen MR) is 88.1 cm³/mol. The van der Waals surface area contributed by atoms with E-state index in [9.17, 15) is 9.59 Å². The van der Waals surface area contributed by atoms with Crippen LogP contribution < -0.4 is 15.5 Å². The number of nitrogens with one attached hydrogen (secondary N) is 2. The van der Waals surface area contributed by atoms with Crippen molar-refractivity contribution in [1.82, 2.24) is 10.2 Å². The summed E-state index contributed by atoms with van der Waals surface area (Å²) in [6.45, 7) is 4.62. The Labute approximate surface area is 131 Å². The summed E-state index contributed by atoms with van der Waals surface area (Å²) < 4.78 is 0. The van der Waals surface area contributed by atoms with E-state index in [0.29, 0.717) is 6.54 Å². The van der Waals surface area contributed by atoms with Crippen molar-refractivity contribution in [3.05, 3.63) is 24.3 Å². The molecule has 120 valence electrons. The van der Waals surface area contributed by atoms with E-state index in [-0.39, 0.29) is 24.9 Å². The molecule has 0 saturated heterocycles. The zero-order valence-corrected chi connectivity index (χ0v) is 13.3. The van der Waals surface area contributed by atoms with Gasteiger partial charge in [-0.1, -0.05) is 19.1 Å². The van der Waals surface area contributed by atoms with Crippen LogP contribution >= 0.6 is 0 Å². The second kappa shape index (κ2) is 7.68. The van der Waals surface area contributed by atoms with Crippen LogP contribution in [-0.2, 0) is 9.59 Å². The minimum atomic E-state index is -0.113. The highest BCUT2D eigenvalue weighted by molar-refractivity contribution is 5.88. The molecular weight excluding hydrogens is 280 g/mol. The van der Waals surface area contributed by atoms with E-state index in [1.54, 1.807) is 7.05 Å². The Hall–Kier alpha value is -2.24. The molecule has 1 aromatic carbocycles. The van der Waals surface area contributed by atoms with E-state index in [4.69, 9.17) is 0 Å². The zero-order chi connectivity index (χ0) is 15.9. The van der Waals surface area contributed by atoms with Gasteiger partial charge in [0.1, 0.15) is 0 Å². The highest BCUT2D eigenvalue weighted by Crippen LogP contribution is 2.27. The lowest BCUT2D eigenvalue weighted by molar-refractivity contribution is -0.133. The molecule has 2 amide bonds. The smallest absolute Gasteiger partial charge is 0.242 e. The molecule has 1 heterocycles. The Balaban J connectivity index is 1.91. The zero-order valence-electron chi connectivity index (χ0n) is 13.3. The molecule has 6 nitrogen and oxygen atoms in total. The standard InChI is InChI=1S/C16H24N4O2/c1-3-8-18-15(21)11-19(2)16(22)12-20-10-9-17-13-6-4-5-7-14(13)20/h4-7,17H,3,8-12H2,1-2H3,(H,18,21). The van der Waals surface area contributed by atoms with Gasteiger partial charge in [-0.2, -0.15) is 0 Å². The van der Waals surface area contributed by atoms with Gasteiger partial charge in [0.05, 0.1) is 24.5 Å². The van der Waals surface area contributed by atoms with Crippen LogP contribution in [0.15, 0.2) is 24.3 Å². The molecule has 0 bridgehead atoms. The van der Waals surface area contributed by atoms with Crippen molar-refractivity contribution >= 4 is 23.2 Å².